The topological polar surface area (TPSA) is 101 Å². The third kappa shape index (κ3) is 5.52. The number of aromatic nitrogens is 2. The molecule has 152 valence electrons. The normalized spacial score (nSPS) is 16.7. The van der Waals surface area contributed by atoms with Gasteiger partial charge in [-0.25, -0.2) is 9.97 Å². The molecule has 0 aliphatic carbocycles. The van der Waals surface area contributed by atoms with E-state index in [0.29, 0.717) is 51.3 Å². The van der Waals surface area contributed by atoms with Gasteiger partial charge in [-0.15, -0.1) is 0 Å². The van der Waals surface area contributed by atoms with E-state index in [1.165, 1.54) is 0 Å². The second-order valence-corrected chi connectivity index (χ2v) is 6.98. The van der Waals surface area contributed by atoms with Crippen molar-refractivity contribution in [3.63, 3.8) is 0 Å². The highest BCUT2D eigenvalue weighted by atomic mass is 19.4. The summed E-state index contributed by atoms with van der Waals surface area (Å²) in [5.41, 5.74) is 10.7. The number of alkyl halides is 3. The van der Waals surface area contributed by atoms with Crippen LogP contribution in [0, 0.1) is 0 Å². The Kier molecular flexibility index (Phi) is 6.99. The van der Waals surface area contributed by atoms with Crippen molar-refractivity contribution < 1.29 is 18.0 Å². The average Bonchev–Trinajstić information content (AvgIpc) is 2.64. The first kappa shape index (κ1) is 21.4. The molecule has 1 aromatic heterocycles. The minimum absolute atomic E-state index is 0.0491. The third-order valence-corrected chi connectivity index (χ3v) is 4.53. The molecule has 1 aromatic rings. The van der Waals surface area contributed by atoms with Crippen LogP contribution in [0.4, 0.5) is 19.1 Å². The number of carbonyl (C=O) groups excluding carboxylic acids is 1. The van der Waals surface area contributed by atoms with E-state index >= 15 is 0 Å². The molecule has 1 aliphatic rings. The zero-order valence-electron chi connectivity index (χ0n) is 15.7. The van der Waals surface area contributed by atoms with Crippen LogP contribution in [0.3, 0.4) is 0 Å². The van der Waals surface area contributed by atoms with Crippen LogP contribution >= 0.6 is 0 Å². The molecule has 7 nitrogen and oxygen atoms in total. The molecule has 4 N–H and O–H groups in total. The van der Waals surface area contributed by atoms with E-state index in [0.717, 1.165) is 6.07 Å². The maximum absolute atomic E-state index is 13.2. The molecule has 10 heteroatoms. The summed E-state index contributed by atoms with van der Waals surface area (Å²) in [7, 11) is 0. The smallest absolute Gasteiger partial charge is 0.338 e. The lowest BCUT2D eigenvalue weighted by atomic mass is 10.1. The van der Waals surface area contributed by atoms with Crippen molar-refractivity contribution in [2.45, 2.75) is 44.8 Å². The monoisotopic (exact) mass is 388 g/mol. The molecular formula is C17H27F3N6O. The Labute approximate surface area is 156 Å². The number of halogens is 3. The molecule has 0 spiro atoms. The molecule has 0 saturated carbocycles. The minimum Gasteiger partial charge on any atom is -0.338 e. The average molecular weight is 388 g/mol. The molecule has 0 aromatic carbocycles. The van der Waals surface area contributed by atoms with Crippen LogP contribution in [0.1, 0.15) is 44.0 Å². The predicted molar refractivity (Wildman–Crippen MR) is 96.2 cm³/mol. The zero-order valence-corrected chi connectivity index (χ0v) is 15.7. The third-order valence-electron chi connectivity index (χ3n) is 4.53. The van der Waals surface area contributed by atoms with Gasteiger partial charge in [0.05, 0.1) is 6.04 Å². The van der Waals surface area contributed by atoms with E-state index in [1.54, 1.807) is 23.6 Å². The largest absolute Gasteiger partial charge is 0.433 e. The van der Waals surface area contributed by atoms with Crippen LogP contribution in [-0.2, 0) is 11.0 Å². The second kappa shape index (κ2) is 8.83. The number of nitrogens with zero attached hydrogens (tertiary/aromatic N) is 4. The number of carbonyl (C=O) groups is 1. The van der Waals surface area contributed by atoms with Crippen molar-refractivity contribution in [2.24, 2.45) is 11.5 Å². The van der Waals surface area contributed by atoms with Crippen LogP contribution in [0.15, 0.2) is 6.07 Å². The van der Waals surface area contributed by atoms with Crippen LogP contribution in [-0.4, -0.2) is 59.5 Å². The van der Waals surface area contributed by atoms with Gasteiger partial charge in [0, 0.05) is 31.9 Å². The number of anilines is 1. The van der Waals surface area contributed by atoms with E-state index in [4.69, 9.17) is 11.5 Å². The van der Waals surface area contributed by atoms with Gasteiger partial charge in [0.15, 0.2) is 0 Å². The van der Waals surface area contributed by atoms with E-state index in [9.17, 15) is 18.0 Å². The van der Waals surface area contributed by atoms with Gasteiger partial charge >= 0.3 is 6.18 Å². The standard InChI is InChI=1S/C17H27F3N6O/c1-11(2)13-10-14(17(18,19)20)24-16(23-13)26-8-6-25(7-9-26)15(27)12(22)4-3-5-21/h10-12H,3-9,21-22H2,1-2H3/t12-/m1/s1. The molecule has 0 radical (unpaired) electrons. The molecule has 2 rings (SSSR count). The maximum Gasteiger partial charge on any atom is 0.433 e. The SMILES string of the molecule is CC(C)c1cc(C(F)(F)F)nc(N2CCN(C(=O)[C@H](N)CCCN)CC2)n1. The highest BCUT2D eigenvalue weighted by molar-refractivity contribution is 5.81. The van der Waals surface area contributed by atoms with Crippen molar-refractivity contribution in [1.29, 1.82) is 0 Å². The quantitative estimate of drug-likeness (QED) is 0.763. The summed E-state index contributed by atoms with van der Waals surface area (Å²) in [5.74, 6) is -0.264. The van der Waals surface area contributed by atoms with E-state index in [1.807, 2.05) is 0 Å². The molecule has 0 bridgehead atoms. The van der Waals surface area contributed by atoms with Crippen molar-refractivity contribution in [3.8, 4) is 0 Å². The first-order chi connectivity index (χ1) is 12.6. The molecule has 1 atom stereocenters. The fourth-order valence-corrected chi connectivity index (χ4v) is 2.86. The zero-order chi connectivity index (χ0) is 20.2. The van der Waals surface area contributed by atoms with Crippen LogP contribution in [0.5, 0.6) is 0 Å². The van der Waals surface area contributed by atoms with E-state index in [-0.39, 0.29) is 17.8 Å². The molecular weight excluding hydrogens is 361 g/mol. The molecule has 1 amide bonds. The van der Waals surface area contributed by atoms with Gasteiger partial charge in [0.2, 0.25) is 11.9 Å². The van der Waals surface area contributed by atoms with Crippen molar-refractivity contribution in [1.82, 2.24) is 14.9 Å². The Balaban J connectivity index is 2.09. The highest BCUT2D eigenvalue weighted by Gasteiger charge is 2.35. The Morgan fingerprint density at radius 3 is 2.37 bits per heavy atom. The summed E-state index contributed by atoms with van der Waals surface area (Å²) in [5, 5.41) is 0. The molecule has 1 saturated heterocycles. The Morgan fingerprint density at radius 1 is 1.22 bits per heavy atom. The van der Waals surface area contributed by atoms with Gasteiger partial charge in [0.25, 0.3) is 0 Å². The second-order valence-electron chi connectivity index (χ2n) is 6.98. The number of piperazine rings is 1. The maximum atomic E-state index is 13.2. The van der Waals surface area contributed by atoms with Gasteiger partial charge in [-0.2, -0.15) is 13.2 Å². The lowest BCUT2D eigenvalue weighted by Crippen LogP contribution is -2.53. The Bertz CT molecular complexity index is 644. The van der Waals surface area contributed by atoms with Gasteiger partial charge in [-0.3, -0.25) is 4.79 Å². The lowest BCUT2D eigenvalue weighted by molar-refractivity contribution is -0.141. The number of hydrogen-bond acceptors (Lipinski definition) is 6. The van der Waals surface area contributed by atoms with E-state index < -0.39 is 17.9 Å². The van der Waals surface area contributed by atoms with Crippen molar-refractivity contribution in [2.75, 3.05) is 37.6 Å². The summed E-state index contributed by atoms with van der Waals surface area (Å²) in [4.78, 5) is 23.6. The fourth-order valence-electron chi connectivity index (χ4n) is 2.86. The number of hydrogen-bond donors (Lipinski definition) is 2. The van der Waals surface area contributed by atoms with E-state index in [2.05, 4.69) is 9.97 Å². The molecule has 0 unspecified atom stereocenters. The number of amides is 1. The summed E-state index contributed by atoms with van der Waals surface area (Å²) >= 11 is 0. The van der Waals surface area contributed by atoms with Gasteiger partial charge in [-0.1, -0.05) is 13.8 Å². The summed E-state index contributed by atoms with van der Waals surface area (Å²) < 4.78 is 39.5. The van der Waals surface area contributed by atoms with Gasteiger partial charge in [-0.05, 0) is 31.4 Å². The number of rotatable bonds is 6. The first-order valence-corrected chi connectivity index (χ1v) is 9.09. The van der Waals surface area contributed by atoms with Crippen molar-refractivity contribution >= 4 is 11.9 Å². The summed E-state index contributed by atoms with van der Waals surface area (Å²) in [6.45, 7) is 5.48. The molecule has 2 heterocycles. The first-order valence-electron chi connectivity index (χ1n) is 9.09. The lowest BCUT2D eigenvalue weighted by Gasteiger charge is -2.36. The van der Waals surface area contributed by atoms with Gasteiger partial charge in [0.1, 0.15) is 5.69 Å². The molecule has 1 fully saturated rings. The van der Waals surface area contributed by atoms with Gasteiger partial charge < -0.3 is 21.3 Å². The summed E-state index contributed by atoms with van der Waals surface area (Å²) in [6.07, 6.45) is -3.35. The molecule has 27 heavy (non-hydrogen) atoms. The van der Waals surface area contributed by atoms with Crippen LogP contribution < -0.4 is 16.4 Å². The predicted octanol–water partition coefficient (Wildman–Crippen LogP) is 1.33. The minimum atomic E-state index is -4.53. The van der Waals surface area contributed by atoms with Crippen LogP contribution in [0.25, 0.3) is 0 Å². The van der Waals surface area contributed by atoms with Crippen LogP contribution in [0.2, 0.25) is 0 Å². The Morgan fingerprint density at radius 2 is 1.85 bits per heavy atom. The molecule has 1 aliphatic heterocycles. The van der Waals surface area contributed by atoms with Crippen molar-refractivity contribution in [3.05, 3.63) is 17.5 Å². The highest BCUT2D eigenvalue weighted by Crippen LogP contribution is 2.30. The summed E-state index contributed by atoms with van der Waals surface area (Å²) in [6, 6.07) is 0.391. The Hall–Kier alpha value is -1.94. The fraction of sp³-hybridized carbons (Fsp3) is 0.706. The number of nitrogens with two attached hydrogens (primary N) is 2.